The summed E-state index contributed by atoms with van der Waals surface area (Å²) >= 11 is 5.90. The largest absolute Gasteiger partial charge is 0.478 e. The minimum absolute atomic E-state index is 0.00522. The summed E-state index contributed by atoms with van der Waals surface area (Å²) < 4.78 is 27.1. The van der Waals surface area contributed by atoms with Crippen LogP contribution in [-0.2, 0) is 10.0 Å². The van der Waals surface area contributed by atoms with Crippen molar-refractivity contribution in [1.82, 2.24) is 0 Å². The number of carbonyl (C=O) groups is 1. The highest BCUT2D eigenvalue weighted by Gasteiger charge is 2.19. The monoisotopic (exact) mass is 354 g/mol. The molecule has 122 valence electrons. The first-order valence-corrected chi connectivity index (χ1v) is 8.40. The Morgan fingerprint density at radius 2 is 1.83 bits per heavy atom. The lowest BCUT2D eigenvalue weighted by atomic mass is 10.1. The molecule has 6 nitrogen and oxygen atoms in total. The van der Waals surface area contributed by atoms with Crippen molar-refractivity contribution in [2.45, 2.75) is 4.90 Å². The second kappa shape index (κ2) is 6.47. The van der Waals surface area contributed by atoms with Crippen molar-refractivity contribution >= 4 is 39.0 Å². The topological polar surface area (TPSA) is 86.7 Å². The van der Waals surface area contributed by atoms with Crippen LogP contribution in [0.1, 0.15) is 10.4 Å². The number of halogens is 1. The van der Waals surface area contributed by atoms with Crippen molar-refractivity contribution in [3.05, 3.63) is 53.1 Å². The third kappa shape index (κ3) is 3.75. The van der Waals surface area contributed by atoms with Crippen molar-refractivity contribution in [2.24, 2.45) is 0 Å². The molecule has 0 amide bonds. The zero-order chi connectivity index (χ0) is 17.2. The Labute approximate surface area is 139 Å². The molecule has 0 aliphatic carbocycles. The van der Waals surface area contributed by atoms with Gasteiger partial charge in [0.25, 0.3) is 10.0 Å². The zero-order valence-electron chi connectivity index (χ0n) is 12.4. The quantitative estimate of drug-likeness (QED) is 0.862. The van der Waals surface area contributed by atoms with E-state index in [1.807, 2.05) is 0 Å². The summed E-state index contributed by atoms with van der Waals surface area (Å²) in [6.07, 6.45) is 0. The van der Waals surface area contributed by atoms with E-state index in [0.717, 1.165) is 0 Å². The summed E-state index contributed by atoms with van der Waals surface area (Å²) in [7, 11) is -0.501. The Bertz CT molecular complexity index is 850. The lowest BCUT2D eigenvalue weighted by Gasteiger charge is -2.17. The number of anilines is 2. The summed E-state index contributed by atoms with van der Waals surface area (Å²) in [5, 5.41) is 9.36. The van der Waals surface area contributed by atoms with Gasteiger partial charge >= 0.3 is 5.97 Å². The van der Waals surface area contributed by atoms with Gasteiger partial charge in [-0.15, -0.1) is 0 Å². The van der Waals surface area contributed by atoms with Gasteiger partial charge in [-0.3, -0.25) is 4.72 Å². The van der Waals surface area contributed by atoms with Gasteiger partial charge in [-0.2, -0.15) is 0 Å². The molecule has 0 fully saturated rings. The number of carboxylic acids is 1. The van der Waals surface area contributed by atoms with Gasteiger partial charge in [-0.1, -0.05) is 23.7 Å². The maximum Gasteiger partial charge on any atom is 0.337 e. The molecule has 2 aromatic carbocycles. The van der Waals surface area contributed by atoms with Crippen molar-refractivity contribution in [3.63, 3.8) is 0 Å². The Kier molecular flexibility index (Phi) is 4.82. The fourth-order valence-electron chi connectivity index (χ4n) is 2.03. The van der Waals surface area contributed by atoms with Crippen molar-refractivity contribution < 1.29 is 18.3 Å². The average molecular weight is 355 g/mol. The van der Waals surface area contributed by atoms with E-state index >= 15 is 0 Å². The van der Waals surface area contributed by atoms with Crippen molar-refractivity contribution in [2.75, 3.05) is 23.7 Å². The van der Waals surface area contributed by atoms with Crippen LogP contribution in [0.3, 0.4) is 0 Å². The van der Waals surface area contributed by atoms with Gasteiger partial charge in [-0.05, 0) is 30.3 Å². The average Bonchev–Trinajstić information content (AvgIpc) is 2.46. The van der Waals surface area contributed by atoms with E-state index in [4.69, 9.17) is 11.6 Å². The van der Waals surface area contributed by atoms with Crippen LogP contribution in [0.4, 0.5) is 11.4 Å². The van der Waals surface area contributed by atoms with Crippen LogP contribution in [-0.4, -0.2) is 33.6 Å². The van der Waals surface area contributed by atoms with Gasteiger partial charge < -0.3 is 10.0 Å². The minimum atomic E-state index is -3.91. The molecule has 0 saturated heterocycles. The van der Waals surface area contributed by atoms with Crippen LogP contribution in [0, 0.1) is 0 Å². The lowest BCUT2D eigenvalue weighted by molar-refractivity contribution is 0.0697. The predicted molar refractivity (Wildman–Crippen MR) is 90.0 cm³/mol. The van der Waals surface area contributed by atoms with Gasteiger partial charge in [0, 0.05) is 19.8 Å². The molecule has 0 aliphatic rings. The number of aromatic carboxylic acids is 1. The standard InChI is InChI=1S/C15H15ClN2O4S/c1-18(2)13-8-7-10(9-11(13)15(19)20)17-23(21,22)14-6-4-3-5-12(14)16/h3-9,17H,1-2H3,(H,19,20). The number of nitrogens with zero attached hydrogens (tertiary/aromatic N) is 1. The molecule has 0 saturated carbocycles. The molecular weight excluding hydrogens is 340 g/mol. The summed E-state index contributed by atoms with van der Waals surface area (Å²) in [5.74, 6) is -1.15. The van der Waals surface area contributed by atoms with Crippen LogP contribution < -0.4 is 9.62 Å². The fourth-order valence-corrected chi connectivity index (χ4v) is 3.60. The molecule has 2 rings (SSSR count). The van der Waals surface area contributed by atoms with Gasteiger partial charge in [-0.25, -0.2) is 13.2 Å². The third-order valence-electron chi connectivity index (χ3n) is 3.09. The van der Waals surface area contributed by atoms with Crippen LogP contribution in [0.2, 0.25) is 5.02 Å². The summed E-state index contributed by atoms with van der Waals surface area (Å²) in [6, 6.07) is 10.3. The van der Waals surface area contributed by atoms with E-state index < -0.39 is 16.0 Å². The van der Waals surface area contributed by atoms with E-state index in [-0.39, 0.29) is 21.2 Å². The number of sulfonamides is 1. The number of nitrogens with one attached hydrogen (secondary N) is 1. The molecule has 0 radical (unpaired) electrons. The highest BCUT2D eigenvalue weighted by atomic mass is 35.5. The van der Waals surface area contributed by atoms with Gasteiger partial charge in [0.1, 0.15) is 4.90 Å². The zero-order valence-corrected chi connectivity index (χ0v) is 14.0. The molecule has 0 heterocycles. The van der Waals surface area contributed by atoms with E-state index in [0.29, 0.717) is 5.69 Å². The summed E-state index contributed by atoms with van der Waals surface area (Å²) in [6.45, 7) is 0. The molecule has 0 bridgehead atoms. The maximum atomic E-state index is 12.4. The van der Waals surface area contributed by atoms with E-state index in [2.05, 4.69) is 4.72 Å². The van der Waals surface area contributed by atoms with Crippen LogP contribution in [0.25, 0.3) is 0 Å². The second-order valence-electron chi connectivity index (χ2n) is 4.97. The van der Waals surface area contributed by atoms with Crippen LogP contribution in [0.5, 0.6) is 0 Å². The first-order valence-electron chi connectivity index (χ1n) is 6.54. The first kappa shape index (κ1) is 17.1. The molecule has 0 unspecified atom stereocenters. The molecule has 0 atom stereocenters. The predicted octanol–water partition coefficient (Wildman–Crippen LogP) is 2.91. The Morgan fingerprint density at radius 3 is 2.39 bits per heavy atom. The molecular formula is C15H15ClN2O4S. The second-order valence-corrected chi connectivity index (χ2v) is 7.03. The van der Waals surface area contributed by atoms with Gasteiger partial charge in [0.05, 0.1) is 16.3 Å². The summed E-state index contributed by atoms with van der Waals surface area (Å²) in [5.41, 5.74) is 0.612. The molecule has 23 heavy (non-hydrogen) atoms. The SMILES string of the molecule is CN(C)c1ccc(NS(=O)(=O)c2ccccc2Cl)cc1C(=O)O. The number of carboxylic acid groups (broad SMARTS) is 1. The highest BCUT2D eigenvalue weighted by Crippen LogP contribution is 2.27. The van der Waals surface area contributed by atoms with Gasteiger partial charge in [0.2, 0.25) is 0 Å². The number of benzene rings is 2. The number of hydrogen-bond donors (Lipinski definition) is 2. The Balaban J connectivity index is 2.43. The van der Waals surface area contributed by atoms with E-state index in [9.17, 15) is 18.3 Å². The summed E-state index contributed by atoms with van der Waals surface area (Å²) in [4.78, 5) is 12.9. The van der Waals surface area contributed by atoms with Crippen molar-refractivity contribution in [1.29, 1.82) is 0 Å². The molecule has 2 N–H and O–H groups in total. The van der Waals surface area contributed by atoms with Crippen molar-refractivity contribution in [3.8, 4) is 0 Å². The molecule has 0 aromatic heterocycles. The maximum absolute atomic E-state index is 12.4. The Hall–Kier alpha value is -2.25. The number of rotatable bonds is 5. The van der Waals surface area contributed by atoms with E-state index in [1.165, 1.54) is 30.3 Å². The highest BCUT2D eigenvalue weighted by molar-refractivity contribution is 7.92. The fraction of sp³-hybridized carbons (Fsp3) is 0.133. The number of hydrogen-bond acceptors (Lipinski definition) is 4. The molecule has 0 aliphatic heterocycles. The van der Waals surface area contributed by atoms with Crippen LogP contribution in [0.15, 0.2) is 47.4 Å². The normalized spacial score (nSPS) is 11.1. The molecule has 2 aromatic rings. The van der Waals surface area contributed by atoms with Gasteiger partial charge in [0.15, 0.2) is 0 Å². The minimum Gasteiger partial charge on any atom is -0.478 e. The first-order chi connectivity index (χ1) is 10.7. The molecule has 0 spiro atoms. The third-order valence-corrected chi connectivity index (χ3v) is 4.97. The van der Waals surface area contributed by atoms with E-state index in [1.54, 1.807) is 31.1 Å². The Morgan fingerprint density at radius 1 is 1.17 bits per heavy atom. The smallest absolute Gasteiger partial charge is 0.337 e. The lowest BCUT2D eigenvalue weighted by Crippen LogP contribution is -2.16. The van der Waals surface area contributed by atoms with Crippen LogP contribution >= 0.6 is 11.6 Å². The molecule has 8 heteroatoms.